The van der Waals surface area contributed by atoms with Gasteiger partial charge in [-0.3, -0.25) is 9.59 Å². The second-order valence-corrected chi connectivity index (χ2v) is 21.9. The zero-order valence-electron chi connectivity index (χ0n) is 37.4. The van der Waals surface area contributed by atoms with Crippen LogP contribution in [0.15, 0.2) is 0 Å². The predicted molar refractivity (Wildman–Crippen MR) is 215 cm³/mol. The van der Waals surface area contributed by atoms with Crippen molar-refractivity contribution in [2.24, 2.45) is 50.7 Å². The van der Waals surface area contributed by atoms with Gasteiger partial charge in [0, 0.05) is 13.8 Å². The van der Waals surface area contributed by atoms with Gasteiger partial charge in [0.2, 0.25) is 0 Å². The zero-order valence-corrected chi connectivity index (χ0v) is 37.4. The number of fused-ring (bicyclic) bond motifs is 2. The average molecular weight is 871 g/mol. The second-order valence-electron chi connectivity index (χ2n) is 21.9. The molecule has 61 heavy (non-hydrogen) atoms. The Hall–Kier alpha value is -1.54. The first-order valence-electron chi connectivity index (χ1n) is 22.6. The van der Waals surface area contributed by atoms with E-state index in [4.69, 9.17) is 28.4 Å². The lowest BCUT2D eigenvalue weighted by Crippen LogP contribution is -2.65. The van der Waals surface area contributed by atoms with E-state index in [1.807, 2.05) is 0 Å². The summed E-state index contributed by atoms with van der Waals surface area (Å²) < 4.78 is 36.8. The Labute approximate surface area is 359 Å². The monoisotopic (exact) mass is 870 g/mol. The van der Waals surface area contributed by atoms with Crippen molar-refractivity contribution in [1.82, 2.24) is 0 Å². The molecule has 5 aliphatic carbocycles. The minimum atomic E-state index is -1.64. The van der Waals surface area contributed by atoms with E-state index in [0.29, 0.717) is 32.1 Å². The lowest BCUT2D eigenvalue weighted by Gasteiger charge is -2.65. The Kier molecular flexibility index (Phi) is 12.8. The summed E-state index contributed by atoms with van der Waals surface area (Å²) in [6, 6.07) is 0. The molecular weight excluding hydrogens is 796 g/mol. The number of ether oxygens (including phenoxy) is 6. The van der Waals surface area contributed by atoms with E-state index in [-0.39, 0.29) is 51.9 Å². The fourth-order valence-electron chi connectivity index (χ4n) is 14.8. The van der Waals surface area contributed by atoms with Gasteiger partial charge in [-0.15, -0.1) is 0 Å². The third-order valence-corrected chi connectivity index (χ3v) is 17.8. The third-order valence-electron chi connectivity index (χ3n) is 17.8. The first kappa shape index (κ1) is 47.4. The summed E-state index contributed by atoms with van der Waals surface area (Å²) in [4.78, 5) is 24.4. The maximum atomic E-state index is 12.3. The minimum Gasteiger partial charge on any atom is -0.455 e. The van der Waals surface area contributed by atoms with E-state index < -0.39 is 109 Å². The van der Waals surface area contributed by atoms with Crippen molar-refractivity contribution in [3.05, 3.63) is 0 Å². The van der Waals surface area contributed by atoms with Gasteiger partial charge in [-0.25, -0.2) is 0 Å². The highest BCUT2D eigenvalue weighted by atomic mass is 16.7. The molecule has 0 amide bonds. The second kappa shape index (κ2) is 16.4. The molecule has 7 fully saturated rings. The van der Waals surface area contributed by atoms with Gasteiger partial charge in [0.05, 0.1) is 43.2 Å². The Morgan fingerprint density at radius 3 is 2.10 bits per heavy atom. The van der Waals surface area contributed by atoms with Gasteiger partial charge in [0.15, 0.2) is 24.8 Å². The quantitative estimate of drug-likeness (QED) is 0.103. The molecule has 16 heteroatoms. The van der Waals surface area contributed by atoms with E-state index >= 15 is 0 Å². The summed E-state index contributed by atoms with van der Waals surface area (Å²) in [7, 11) is 0. The zero-order chi connectivity index (χ0) is 45.0. The van der Waals surface area contributed by atoms with Crippen LogP contribution in [-0.2, 0) is 38.0 Å². The fourth-order valence-corrected chi connectivity index (χ4v) is 14.8. The molecule has 2 heterocycles. The molecule has 0 aromatic heterocycles. The molecule has 2 spiro atoms. The Morgan fingerprint density at radius 2 is 1.48 bits per heavy atom. The number of rotatable bonds is 12. The number of hydrogen-bond acceptors (Lipinski definition) is 16. The standard InChI is InChI=1S/C45H74O16/c1-21(10-11-29(51)41(6,7)55)31-24(49)17-43(9)28-16-26(59-38-34(54)33(53)32(52)27(18-46)60-38)37-40(4,5)30(12-13-45(37)20-44(28,45)15-14-42(31,43)8)61-39-36(58-23(3)48)35(57-22(2)47)25(50)19-56-39/h21,24-39,46,49-55H,10-20H2,1-9H3/t21?,24?,25?,26?,27?,28-,29?,30?,31?,32?,33?,34?,35?,36?,37-,38?,39?,42-,43+,44+,45-/m1/s1. The fraction of sp³-hybridized carbons (Fsp3) is 0.956. The SMILES string of the molecule is CC(=O)OC1C(O)COC(OC2CC[C@]34C[C@]35CC[C@]3(C)C(C(C)CCC(O)C(C)(C)O)C(O)C[C@@]3(C)[C@H]5CC(OC3OC(CO)C(O)C(O)C3O)[C@@H]4C2(C)C)C1OC(C)=O. The van der Waals surface area contributed by atoms with Crippen molar-refractivity contribution in [2.75, 3.05) is 13.2 Å². The molecule has 0 aromatic rings. The van der Waals surface area contributed by atoms with Gasteiger partial charge in [-0.05, 0) is 122 Å². The van der Waals surface area contributed by atoms with Crippen LogP contribution in [0.3, 0.4) is 0 Å². The minimum absolute atomic E-state index is 0.0587. The first-order chi connectivity index (χ1) is 28.3. The molecule has 2 aliphatic heterocycles. The molecular formula is C45H74O16. The van der Waals surface area contributed by atoms with E-state index in [2.05, 4.69) is 34.6 Å². The molecule has 5 saturated carbocycles. The molecule has 7 rings (SSSR count). The van der Waals surface area contributed by atoms with Crippen molar-refractivity contribution in [1.29, 1.82) is 0 Å². The van der Waals surface area contributed by atoms with Crippen LogP contribution in [0.25, 0.3) is 0 Å². The maximum absolute atomic E-state index is 12.3. The average Bonchev–Trinajstić information content (AvgIpc) is 3.76. The highest BCUT2D eigenvalue weighted by Gasteiger charge is 2.85. The van der Waals surface area contributed by atoms with Gasteiger partial charge in [0.1, 0.15) is 30.5 Å². The highest BCUT2D eigenvalue weighted by molar-refractivity contribution is 5.67. The number of carbonyl (C=O) groups is 2. The molecule has 8 N–H and O–H groups in total. The number of hydrogen-bond donors (Lipinski definition) is 8. The van der Waals surface area contributed by atoms with Crippen LogP contribution in [-0.4, -0.2) is 151 Å². The molecule has 7 aliphatic rings. The predicted octanol–water partition coefficient (Wildman–Crippen LogP) is 1.71. The molecule has 2 saturated heterocycles. The molecule has 0 bridgehead atoms. The number of aliphatic hydroxyl groups excluding tert-OH is 7. The highest BCUT2D eigenvalue weighted by Crippen LogP contribution is 2.89. The van der Waals surface area contributed by atoms with Crippen molar-refractivity contribution < 1.29 is 78.9 Å². The lowest BCUT2D eigenvalue weighted by molar-refractivity contribution is -0.339. The van der Waals surface area contributed by atoms with Crippen LogP contribution in [0.5, 0.6) is 0 Å². The molecule has 0 radical (unpaired) electrons. The normalized spacial score (nSPS) is 50.0. The van der Waals surface area contributed by atoms with Crippen LogP contribution in [0.4, 0.5) is 0 Å². The molecule has 21 atom stereocenters. The van der Waals surface area contributed by atoms with E-state index in [1.165, 1.54) is 13.8 Å². The smallest absolute Gasteiger partial charge is 0.303 e. The summed E-state index contributed by atoms with van der Waals surface area (Å²) in [5.41, 5.74) is -2.91. The number of aliphatic hydroxyl groups is 8. The maximum Gasteiger partial charge on any atom is 0.303 e. The largest absolute Gasteiger partial charge is 0.455 e. The molecule has 350 valence electrons. The number of esters is 2. The molecule has 15 unspecified atom stereocenters. The van der Waals surface area contributed by atoms with Crippen molar-refractivity contribution in [3.8, 4) is 0 Å². The number of carbonyl (C=O) groups excluding carboxylic acids is 2. The van der Waals surface area contributed by atoms with E-state index in [1.54, 1.807) is 13.8 Å². The van der Waals surface area contributed by atoms with Crippen LogP contribution < -0.4 is 0 Å². The van der Waals surface area contributed by atoms with Crippen LogP contribution in [0.1, 0.15) is 120 Å². The summed E-state index contributed by atoms with van der Waals surface area (Å²) in [5, 5.41) is 87.0. The lowest BCUT2D eigenvalue weighted by atomic mass is 9.41. The Balaban J connectivity index is 1.23. The van der Waals surface area contributed by atoms with Crippen LogP contribution >= 0.6 is 0 Å². The van der Waals surface area contributed by atoms with E-state index in [9.17, 15) is 50.4 Å². The van der Waals surface area contributed by atoms with Gasteiger partial charge in [-0.2, -0.15) is 0 Å². The summed E-state index contributed by atoms with van der Waals surface area (Å²) in [5.74, 6) is -1.47. The molecule has 16 nitrogen and oxygen atoms in total. The van der Waals surface area contributed by atoms with Crippen molar-refractivity contribution >= 4 is 11.9 Å². The van der Waals surface area contributed by atoms with Gasteiger partial charge in [0.25, 0.3) is 0 Å². The van der Waals surface area contributed by atoms with Crippen molar-refractivity contribution in [3.63, 3.8) is 0 Å². The van der Waals surface area contributed by atoms with E-state index in [0.717, 1.165) is 25.7 Å². The first-order valence-corrected chi connectivity index (χ1v) is 22.6. The van der Waals surface area contributed by atoms with Gasteiger partial charge < -0.3 is 69.3 Å². The Morgan fingerprint density at radius 1 is 0.820 bits per heavy atom. The van der Waals surface area contributed by atoms with Crippen LogP contribution in [0, 0.1) is 50.7 Å². The van der Waals surface area contributed by atoms with Crippen molar-refractivity contribution in [2.45, 2.75) is 205 Å². The third kappa shape index (κ3) is 7.61. The van der Waals surface area contributed by atoms with Crippen LogP contribution in [0.2, 0.25) is 0 Å². The summed E-state index contributed by atoms with van der Waals surface area (Å²) >= 11 is 0. The summed E-state index contributed by atoms with van der Waals surface area (Å²) in [6.45, 7) is 15.8. The summed E-state index contributed by atoms with van der Waals surface area (Å²) in [6.07, 6.45) is -8.64. The Bertz CT molecular complexity index is 1620. The molecule has 0 aromatic carbocycles. The van der Waals surface area contributed by atoms with Gasteiger partial charge in [-0.1, -0.05) is 34.6 Å². The topological polar surface area (TPSA) is 251 Å². The van der Waals surface area contributed by atoms with Gasteiger partial charge >= 0.3 is 11.9 Å².